The van der Waals surface area contributed by atoms with Gasteiger partial charge in [0.15, 0.2) is 0 Å². The first-order valence-corrected chi connectivity index (χ1v) is 9.04. The highest BCUT2D eigenvalue weighted by atomic mass is 35.5. The van der Waals surface area contributed by atoms with E-state index < -0.39 is 0 Å². The van der Waals surface area contributed by atoms with Crippen LogP contribution in [0.4, 0.5) is 0 Å². The first-order valence-electron chi connectivity index (χ1n) is 8.66. The van der Waals surface area contributed by atoms with Crippen LogP contribution >= 0.6 is 11.6 Å². The van der Waals surface area contributed by atoms with Crippen LogP contribution in [0, 0.1) is 0 Å². The number of rotatable bonds is 4. The predicted octanol–water partition coefficient (Wildman–Crippen LogP) is 3.31. The number of carbonyl (C=O) groups excluding carboxylic acids is 1. The molecule has 0 radical (unpaired) electrons. The number of nitrogens with one attached hydrogen (secondary N) is 2. The third kappa shape index (κ3) is 3.22. The van der Waals surface area contributed by atoms with Crippen molar-refractivity contribution < 1.29 is 4.79 Å². The molecule has 0 saturated carbocycles. The Morgan fingerprint density at radius 3 is 2.96 bits per heavy atom. The second-order valence-electron chi connectivity index (χ2n) is 6.50. The van der Waals surface area contributed by atoms with Crippen molar-refractivity contribution in [1.29, 1.82) is 0 Å². The van der Waals surface area contributed by atoms with Crippen LogP contribution in [0.3, 0.4) is 0 Å². The number of hydrogen-bond donors (Lipinski definition) is 2. The Hall–Kier alpha value is -2.66. The number of hydrogen-bond acceptors (Lipinski definition) is 3. The molecule has 0 fully saturated rings. The average molecular weight is 368 g/mol. The van der Waals surface area contributed by atoms with Gasteiger partial charge >= 0.3 is 0 Å². The SMILES string of the molecule is O=C(CCc1nc2ccccc2c(=O)[nH]1)N[C@H]1CCc2c(Cl)cccc21. The molecule has 2 aromatic carbocycles. The molecular formula is C20H18ClN3O2. The lowest BCUT2D eigenvalue weighted by Gasteiger charge is -2.14. The molecule has 4 rings (SSSR count). The number of aromatic amines is 1. The number of halogens is 1. The smallest absolute Gasteiger partial charge is 0.258 e. The normalized spacial score (nSPS) is 15.8. The summed E-state index contributed by atoms with van der Waals surface area (Å²) in [5, 5.41) is 4.38. The first kappa shape index (κ1) is 16.8. The fraction of sp³-hybridized carbons (Fsp3) is 0.250. The van der Waals surface area contributed by atoms with Crippen molar-refractivity contribution in [2.24, 2.45) is 0 Å². The highest BCUT2D eigenvalue weighted by Crippen LogP contribution is 2.35. The maximum Gasteiger partial charge on any atom is 0.258 e. The van der Waals surface area contributed by atoms with Crippen LogP contribution < -0.4 is 10.9 Å². The van der Waals surface area contributed by atoms with Crippen LogP contribution in [0.25, 0.3) is 10.9 Å². The molecule has 0 bridgehead atoms. The Bertz CT molecular complexity index is 1040. The van der Waals surface area contributed by atoms with Crippen molar-refractivity contribution in [2.75, 3.05) is 0 Å². The van der Waals surface area contributed by atoms with E-state index in [1.807, 2.05) is 24.3 Å². The minimum atomic E-state index is -0.176. The standard InChI is InChI=1S/C20H18ClN3O2/c21-15-6-3-5-13-12(15)8-9-17(13)23-19(25)11-10-18-22-16-7-2-1-4-14(16)20(26)24-18/h1-7,17H,8-11H2,(H,23,25)(H,22,24,26)/t17-/m0/s1. The molecule has 2 N–H and O–H groups in total. The molecule has 1 amide bonds. The molecule has 132 valence electrons. The summed E-state index contributed by atoms with van der Waals surface area (Å²) in [7, 11) is 0. The lowest BCUT2D eigenvalue weighted by molar-refractivity contribution is -0.121. The van der Waals surface area contributed by atoms with Crippen molar-refractivity contribution in [1.82, 2.24) is 15.3 Å². The summed E-state index contributed by atoms with van der Waals surface area (Å²) in [6.45, 7) is 0. The van der Waals surface area contributed by atoms with Gasteiger partial charge in [-0.3, -0.25) is 9.59 Å². The second-order valence-corrected chi connectivity index (χ2v) is 6.90. The number of para-hydroxylation sites is 1. The minimum absolute atomic E-state index is 0.000174. The highest BCUT2D eigenvalue weighted by molar-refractivity contribution is 6.31. The van der Waals surface area contributed by atoms with Gasteiger partial charge in [0.25, 0.3) is 5.56 Å². The largest absolute Gasteiger partial charge is 0.349 e. The summed E-state index contributed by atoms with van der Waals surface area (Å²) in [4.78, 5) is 31.6. The molecule has 0 aliphatic heterocycles. The molecule has 3 aromatic rings. The van der Waals surface area contributed by atoms with E-state index in [4.69, 9.17) is 11.6 Å². The Labute approximate surface area is 155 Å². The molecule has 26 heavy (non-hydrogen) atoms. The molecule has 1 aromatic heterocycles. The number of amides is 1. The molecule has 1 aliphatic carbocycles. The zero-order valence-electron chi connectivity index (χ0n) is 14.1. The van der Waals surface area contributed by atoms with Crippen molar-refractivity contribution in [3.8, 4) is 0 Å². The average Bonchev–Trinajstić information content (AvgIpc) is 3.04. The summed E-state index contributed by atoms with van der Waals surface area (Å²) in [5.41, 5.74) is 2.69. The number of carbonyl (C=O) groups is 1. The Kier molecular flexibility index (Phi) is 4.47. The quantitative estimate of drug-likeness (QED) is 0.742. The van der Waals surface area contributed by atoms with Crippen LogP contribution in [0.1, 0.15) is 35.8 Å². The zero-order chi connectivity index (χ0) is 18.1. The molecule has 1 aliphatic rings. The third-order valence-electron chi connectivity index (χ3n) is 4.80. The number of benzene rings is 2. The fourth-order valence-corrected chi connectivity index (χ4v) is 3.79. The molecule has 6 heteroatoms. The molecule has 0 saturated heterocycles. The summed E-state index contributed by atoms with van der Waals surface area (Å²) in [6, 6.07) is 13.0. The number of nitrogens with zero attached hydrogens (tertiary/aromatic N) is 1. The maximum absolute atomic E-state index is 12.4. The monoisotopic (exact) mass is 367 g/mol. The second kappa shape index (κ2) is 6.92. The van der Waals surface area contributed by atoms with Crippen molar-refractivity contribution >= 4 is 28.4 Å². The van der Waals surface area contributed by atoms with Crippen LogP contribution in [0.15, 0.2) is 47.3 Å². The molecule has 0 unspecified atom stereocenters. The molecule has 0 spiro atoms. The van der Waals surface area contributed by atoms with E-state index in [-0.39, 0.29) is 23.9 Å². The van der Waals surface area contributed by atoms with Gasteiger partial charge < -0.3 is 10.3 Å². The number of aromatic nitrogens is 2. The van der Waals surface area contributed by atoms with Crippen molar-refractivity contribution in [3.63, 3.8) is 0 Å². The number of aryl methyl sites for hydroxylation is 1. The van der Waals surface area contributed by atoms with E-state index >= 15 is 0 Å². The lowest BCUT2D eigenvalue weighted by Crippen LogP contribution is -2.27. The van der Waals surface area contributed by atoms with Gasteiger partial charge in [-0.1, -0.05) is 35.9 Å². The van der Waals surface area contributed by atoms with Crippen LogP contribution in [0.5, 0.6) is 0 Å². The van der Waals surface area contributed by atoms with Gasteiger partial charge in [0.1, 0.15) is 5.82 Å². The summed E-state index contributed by atoms with van der Waals surface area (Å²) in [6.07, 6.45) is 2.39. The first-order chi connectivity index (χ1) is 12.6. The Balaban J connectivity index is 1.43. The molecule has 5 nitrogen and oxygen atoms in total. The number of fused-ring (bicyclic) bond motifs is 2. The fourth-order valence-electron chi connectivity index (χ4n) is 3.51. The number of H-pyrrole nitrogens is 1. The van der Waals surface area contributed by atoms with E-state index in [9.17, 15) is 9.59 Å². The minimum Gasteiger partial charge on any atom is -0.349 e. The van der Waals surface area contributed by atoms with Gasteiger partial charge in [0.05, 0.1) is 16.9 Å². The highest BCUT2D eigenvalue weighted by Gasteiger charge is 2.25. The summed E-state index contributed by atoms with van der Waals surface area (Å²) < 4.78 is 0. The maximum atomic E-state index is 12.4. The molecule has 1 atom stereocenters. The van der Waals surface area contributed by atoms with Gasteiger partial charge in [0.2, 0.25) is 5.91 Å². The Morgan fingerprint density at radius 1 is 1.23 bits per heavy atom. The summed E-state index contributed by atoms with van der Waals surface area (Å²) in [5.74, 6) is 0.470. The van der Waals surface area contributed by atoms with Crippen LogP contribution in [-0.2, 0) is 17.6 Å². The van der Waals surface area contributed by atoms with Gasteiger partial charge in [-0.2, -0.15) is 0 Å². The van der Waals surface area contributed by atoms with E-state index in [2.05, 4.69) is 15.3 Å². The van der Waals surface area contributed by atoms with Crippen LogP contribution in [-0.4, -0.2) is 15.9 Å². The van der Waals surface area contributed by atoms with Crippen molar-refractivity contribution in [3.05, 3.63) is 74.8 Å². The van der Waals surface area contributed by atoms with E-state index in [1.165, 1.54) is 0 Å². The van der Waals surface area contributed by atoms with E-state index in [1.54, 1.807) is 18.2 Å². The predicted molar refractivity (Wildman–Crippen MR) is 101 cm³/mol. The summed E-state index contributed by atoms with van der Waals surface area (Å²) >= 11 is 6.22. The molecule has 1 heterocycles. The van der Waals surface area contributed by atoms with Gasteiger partial charge in [0, 0.05) is 17.9 Å². The lowest BCUT2D eigenvalue weighted by atomic mass is 10.1. The van der Waals surface area contributed by atoms with Crippen LogP contribution in [0.2, 0.25) is 5.02 Å². The van der Waals surface area contributed by atoms with Gasteiger partial charge in [-0.05, 0) is 42.2 Å². The van der Waals surface area contributed by atoms with E-state index in [0.717, 1.165) is 29.0 Å². The zero-order valence-corrected chi connectivity index (χ0v) is 14.8. The third-order valence-corrected chi connectivity index (χ3v) is 5.15. The topological polar surface area (TPSA) is 74.8 Å². The molecular weight excluding hydrogens is 350 g/mol. The Morgan fingerprint density at radius 2 is 2.08 bits per heavy atom. The van der Waals surface area contributed by atoms with Gasteiger partial charge in [-0.25, -0.2) is 4.98 Å². The van der Waals surface area contributed by atoms with Gasteiger partial charge in [-0.15, -0.1) is 0 Å². The van der Waals surface area contributed by atoms with E-state index in [0.29, 0.717) is 23.1 Å². The van der Waals surface area contributed by atoms with Crippen molar-refractivity contribution in [2.45, 2.75) is 31.7 Å².